The highest BCUT2D eigenvalue weighted by atomic mass is 32.2. The van der Waals surface area contributed by atoms with Crippen LogP contribution in [-0.4, -0.2) is 28.0 Å². The van der Waals surface area contributed by atoms with Crippen molar-refractivity contribution in [3.63, 3.8) is 0 Å². The van der Waals surface area contributed by atoms with Crippen molar-refractivity contribution >= 4 is 44.9 Å². The number of aromatic nitrogens is 2. The van der Waals surface area contributed by atoms with Crippen molar-refractivity contribution in [1.82, 2.24) is 10.2 Å². The van der Waals surface area contributed by atoms with Crippen LogP contribution in [0.4, 0.5) is 5.13 Å². The summed E-state index contributed by atoms with van der Waals surface area (Å²) in [6.07, 6.45) is -0.633. The van der Waals surface area contributed by atoms with Crippen LogP contribution in [0.2, 0.25) is 0 Å². The molecule has 1 heterocycles. The maximum absolute atomic E-state index is 12.4. The second-order valence-corrected chi connectivity index (χ2v) is 8.58. The molecular weight excluding hydrogens is 366 g/mol. The van der Waals surface area contributed by atoms with Gasteiger partial charge in [0.05, 0.1) is 0 Å². The van der Waals surface area contributed by atoms with Crippen molar-refractivity contribution in [2.75, 3.05) is 11.1 Å². The number of fused-ring (bicyclic) bond motifs is 1. The van der Waals surface area contributed by atoms with E-state index in [-0.39, 0.29) is 5.91 Å². The van der Waals surface area contributed by atoms with E-state index in [1.165, 1.54) is 11.3 Å². The molecule has 1 atom stereocenters. The molecule has 1 amide bonds. The van der Waals surface area contributed by atoms with Gasteiger partial charge in [0.15, 0.2) is 10.4 Å². The lowest BCUT2D eigenvalue weighted by Crippen LogP contribution is -2.30. The van der Waals surface area contributed by atoms with Gasteiger partial charge in [-0.3, -0.25) is 10.1 Å². The first-order valence-corrected chi connectivity index (χ1v) is 10.2. The van der Waals surface area contributed by atoms with E-state index in [4.69, 9.17) is 4.74 Å². The van der Waals surface area contributed by atoms with Gasteiger partial charge in [0.2, 0.25) is 5.13 Å². The summed E-state index contributed by atoms with van der Waals surface area (Å²) in [5.74, 6) is 1.98. The van der Waals surface area contributed by atoms with Gasteiger partial charge in [-0.05, 0) is 35.7 Å². The summed E-state index contributed by atoms with van der Waals surface area (Å²) in [5, 5.41) is 13.6. The second kappa shape index (κ2) is 8.51. The summed E-state index contributed by atoms with van der Waals surface area (Å²) in [4.78, 5) is 12.4. The smallest absolute Gasteiger partial charge is 0.266 e. The SMILES string of the molecule is CC(C)CSc1nnc(NC(=O)[C@@H](C)Oc2ccc3ccccc3c2)s1. The lowest BCUT2D eigenvalue weighted by molar-refractivity contribution is -0.122. The fourth-order valence-electron chi connectivity index (χ4n) is 2.26. The minimum atomic E-state index is -0.633. The molecule has 5 nitrogen and oxygen atoms in total. The highest BCUT2D eigenvalue weighted by Crippen LogP contribution is 2.27. The summed E-state index contributed by atoms with van der Waals surface area (Å²) in [6, 6.07) is 13.8. The van der Waals surface area contributed by atoms with Crippen molar-refractivity contribution in [3.8, 4) is 5.75 Å². The Balaban J connectivity index is 1.58. The van der Waals surface area contributed by atoms with E-state index in [0.717, 1.165) is 20.9 Å². The van der Waals surface area contributed by atoms with Gasteiger partial charge < -0.3 is 4.74 Å². The van der Waals surface area contributed by atoms with E-state index in [1.807, 2.05) is 42.5 Å². The van der Waals surface area contributed by atoms with Crippen LogP contribution < -0.4 is 10.1 Å². The Labute approximate surface area is 161 Å². The third-order valence-electron chi connectivity index (χ3n) is 3.58. The molecule has 0 aliphatic carbocycles. The van der Waals surface area contributed by atoms with Crippen molar-refractivity contribution < 1.29 is 9.53 Å². The van der Waals surface area contributed by atoms with Crippen molar-refractivity contribution in [3.05, 3.63) is 42.5 Å². The molecule has 26 heavy (non-hydrogen) atoms. The molecule has 0 saturated carbocycles. The first kappa shape index (κ1) is 18.7. The zero-order chi connectivity index (χ0) is 18.5. The minimum absolute atomic E-state index is 0.241. The van der Waals surface area contributed by atoms with Gasteiger partial charge in [0.25, 0.3) is 5.91 Å². The van der Waals surface area contributed by atoms with Crippen LogP contribution in [0.15, 0.2) is 46.8 Å². The third-order valence-corrected chi connectivity index (χ3v) is 5.98. The van der Waals surface area contributed by atoms with Crippen LogP contribution in [0.3, 0.4) is 0 Å². The molecule has 0 fully saturated rings. The number of hydrogen-bond donors (Lipinski definition) is 1. The standard InChI is InChI=1S/C19H21N3O2S2/c1-12(2)11-25-19-22-21-18(26-19)20-17(23)13(3)24-16-9-8-14-6-4-5-7-15(14)10-16/h4-10,12-13H,11H2,1-3H3,(H,20,21,23)/t13-/m1/s1. The highest BCUT2D eigenvalue weighted by molar-refractivity contribution is 8.01. The number of carbonyl (C=O) groups is 1. The average molecular weight is 388 g/mol. The molecule has 1 N–H and O–H groups in total. The van der Waals surface area contributed by atoms with Gasteiger partial charge in [0, 0.05) is 5.75 Å². The van der Waals surface area contributed by atoms with Gasteiger partial charge in [-0.2, -0.15) is 0 Å². The number of amides is 1. The van der Waals surface area contributed by atoms with Crippen LogP contribution in [-0.2, 0) is 4.79 Å². The number of nitrogens with one attached hydrogen (secondary N) is 1. The predicted molar refractivity (Wildman–Crippen MR) is 108 cm³/mol. The summed E-state index contributed by atoms with van der Waals surface area (Å²) < 4.78 is 6.64. The van der Waals surface area contributed by atoms with E-state index >= 15 is 0 Å². The Morgan fingerprint density at radius 1 is 1.15 bits per heavy atom. The first-order valence-electron chi connectivity index (χ1n) is 8.44. The number of anilines is 1. The molecule has 2 aromatic carbocycles. The van der Waals surface area contributed by atoms with E-state index in [0.29, 0.717) is 16.8 Å². The zero-order valence-corrected chi connectivity index (χ0v) is 16.6. The van der Waals surface area contributed by atoms with E-state index < -0.39 is 6.10 Å². The van der Waals surface area contributed by atoms with E-state index in [9.17, 15) is 4.79 Å². The predicted octanol–water partition coefficient (Wildman–Crippen LogP) is 4.85. The molecule has 0 aliphatic rings. The van der Waals surface area contributed by atoms with Crippen molar-refractivity contribution in [2.24, 2.45) is 5.92 Å². The minimum Gasteiger partial charge on any atom is -0.481 e. The van der Waals surface area contributed by atoms with E-state index in [1.54, 1.807) is 18.7 Å². The van der Waals surface area contributed by atoms with Gasteiger partial charge in [0.1, 0.15) is 5.75 Å². The number of ether oxygens (including phenoxy) is 1. The summed E-state index contributed by atoms with van der Waals surface area (Å²) >= 11 is 3.03. The zero-order valence-electron chi connectivity index (χ0n) is 14.9. The highest BCUT2D eigenvalue weighted by Gasteiger charge is 2.17. The van der Waals surface area contributed by atoms with E-state index in [2.05, 4.69) is 29.4 Å². The monoisotopic (exact) mass is 387 g/mol. The lowest BCUT2D eigenvalue weighted by atomic mass is 10.1. The molecule has 3 aromatic rings. The molecule has 136 valence electrons. The second-order valence-electron chi connectivity index (χ2n) is 6.34. The molecule has 1 aromatic heterocycles. The Morgan fingerprint density at radius 2 is 1.92 bits per heavy atom. The number of nitrogens with zero attached hydrogens (tertiary/aromatic N) is 2. The average Bonchev–Trinajstić information content (AvgIpc) is 3.07. The molecule has 0 aliphatic heterocycles. The van der Waals surface area contributed by atoms with Gasteiger partial charge >= 0.3 is 0 Å². The lowest BCUT2D eigenvalue weighted by Gasteiger charge is -2.14. The quantitative estimate of drug-likeness (QED) is 0.464. The molecule has 3 rings (SSSR count). The van der Waals surface area contributed by atoms with Crippen LogP contribution >= 0.6 is 23.1 Å². The largest absolute Gasteiger partial charge is 0.481 e. The number of benzene rings is 2. The molecule has 0 radical (unpaired) electrons. The Kier molecular flexibility index (Phi) is 6.11. The maximum Gasteiger partial charge on any atom is 0.266 e. The molecule has 0 spiro atoms. The summed E-state index contributed by atoms with van der Waals surface area (Å²) in [5.41, 5.74) is 0. The van der Waals surface area contributed by atoms with Gasteiger partial charge in [-0.1, -0.05) is 67.3 Å². The molecule has 0 bridgehead atoms. The molecule has 0 unspecified atom stereocenters. The Morgan fingerprint density at radius 3 is 2.69 bits per heavy atom. The van der Waals surface area contributed by atoms with Crippen LogP contribution in [0.1, 0.15) is 20.8 Å². The molecule has 0 saturated heterocycles. The van der Waals surface area contributed by atoms with Crippen molar-refractivity contribution in [2.45, 2.75) is 31.2 Å². The van der Waals surface area contributed by atoms with Gasteiger partial charge in [-0.15, -0.1) is 10.2 Å². The topological polar surface area (TPSA) is 64.1 Å². The van der Waals surface area contributed by atoms with Crippen molar-refractivity contribution in [1.29, 1.82) is 0 Å². The maximum atomic E-state index is 12.4. The normalized spacial score (nSPS) is 12.3. The van der Waals surface area contributed by atoms with Crippen LogP contribution in [0.25, 0.3) is 10.8 Å². The number of hydrogen-bond acceptors (Lipinski definition) is 6. The Hall–Kier alpha value is -2.12. The summed E-state index contributed by atoms with van der Waals surface area (Å²) in [7, 11) is 0. The summed E-state index contributed by atoms with van der Waals surface area (Å²) in [6.45, 7) is 6.03. The van der Waals surface area contributed by atoms with Gasteiger partial charge in [-0.25, -0.2) is 0 Å². The number of thioether (sulfide) groups is 1. The van der Waals surface area contributed by atoms with Crippen LogP contribution in [0.5, 0.6) is 5.75 Å². The first-order chi connectivity index (χ1) is 12.5. The molecular formula is C19H21N3O2S2. The third kappa shape index (κ3) is 4.95. The number of rotatable bonds is 7. The Bertz CT molecular complexity index is 895. The molecule has 7 heteroatoms. The fraction of sp³-hybridized carbons (Fsp3) is 0.316. The number of carbonyl (C=O) groups excluding carboxylic acids is 1. The van der Waals surface area contributed by atoms with Crippen LogP contribution in [0, 0.1) is 5.92 Å². The fourth-order valence-corrected chi connectivity index (χ4v) is 3.99.